The minimum Gasteiger partial charge on any atom is -0.391 e. The van der Waals surface area contributed by atoms with E-state index in [1.54, 1.807) is 0 Å². The van der Waals surface area contributed by atoms with Gasteiger partial charge < -0.3 is 14.6 Å². The predicted octanol–water partition coefficient (Wildman–Crippen LogP) is 1.83. The van der Waals surface area contributed by atoms with Gasteiger partial charge in [-0.1, -0.05) is 19.3 Å². The summed E-state index contributed by atoms with van der Waals surface area (Å²) in [6.45, 7) is 1.75. The second-order valence-electron chi connectivity index (χ2n) is 6.25. The number of aliphatic hydroxyl groups excluding tert-OH is 1. The monoisotopic (exact) mass is 276 g/mol. The fraction of sp³-hybridized carbons (Fsp3) is 0.688. The molecule has 0 atom stereocenters. The molecule has 2 aliphatic rings. The molecule has 1 saturated carbocycles. The molecule has 3 rings (SSSR count). The number of rotatable bonds is 2. The Morgan fingerprint density at radius 3 is 2.75 bits per heavy atom. The van der Waals surface area contributed by atoms with Crippen molar-refractivity contribution in [1.82, 2.24) is 9.47 Å². The van der Waals surface area contributed by atoms with Gasteiger partial charge in [0.2, 0.25) is 0 Å². The molecule has 0 aromatic carbocycles. The van der Waals surface area contributed by atoms with Crippen LogP contribution in [0.15, 0.2) is 10.9 Å². The van der Waals surface area contributed by atoms with E-state index in [-0.39, 0.29) is 12.2 Å². The molecule has 1 aromatic rings. The minimum absolute atomic E-state index is 0.0442. The van der Waals surface area contributed by atoms with Crippen molar-refractivity contribution in [3.63, 3.8) is 0 Å². The van der Waals surface area contributed by atoms with Crippen molar-refractivity contribution < 1.29 is 5.11 Å². The lowest BCUT2D eigenvalue weighted by Crippen LogP contribution is -2.37. The lowest BCUT2D eigenvalue weighted by Gasteiger charge is -2.33. The Morgan fingerprint density at radius 1 is 1.30 bits per heavy atom. The molecule has 2 heterocycles. The minimum atomic E-state index is -0.150. The van der Waals surface area contributed by atoms with Gasteiger partial charge in [0.25, 0.3) is 5.56 Å². The predicted molar refractivity (Wildman–Crippen MR) is 78.8 cm³/mol. The van der Waals surface area contributed by atoms with E-state index in [1.165, 1.54) is 30.5 Å². The first-order valence-electron chi connectivity index (χ1n) is 7.76. The van der Waals surface area contributed by atoms with E-state index in [2.05, 4.69) is 11.9 Å². The molecule has 110 valence electrons. The standard InChI is InChI=1S/C16H24N2O2/c1-17-8-7-15-12(10-17)9-13(11-19)16(20)18(15)14-5-3-2-4-6-14/h9,14,19H,2-8,10-11H2,1H3. The van der Waals surface area contributed by atoms with Crippen LogP contribution in [0.2, 0.25) is 0 Å². The number of hydrogen-bond acceptors (Lipinski definition) is 3. The van der Waals surface area contributed by atoms with E-state index in [0.717, 1.165) is 32.4 Å². The zero-order valence-corrected chi connectivity index (χ0v) is 12.3. The van der Waals surface area contributed by atoms with Crippen LogP contribution in [0.25, 0.3) is 0 Å². The highest BCUT2D eigenvalue weighted by Crippen LogP contribution is 2.30. The summed E-state index contributed by atoms with van der Waals surface area (Å²) in [5, 5.41) is 9.48. The second-order valence-corrected chi connectivity index (χ2v) is 6.25. The van der Waals surface area contributed by atoms with Crippen LogP contribution in [0.3, 0.4) is 0 Å². The fourth-order valence-electron chi connectivity index (χ4n) is 3.71. The maximum Gasteiger partial charge on any atom is 0.256 e. The van der Waals surface area contributed by atoms with Gasteiger partial charge in [0.05, 0.1) is 6.61 Å². The Labute approximate surface area is 120 Å². The molecule has 0 unspecified atom stereocenters. The summed E-state index contributed by atoms with van der Waals surface area (Å²) in [5.41, 5.74) is 3.05. The lowest BCUT2D eigenvalue weighted by atomic mass is 9.93. The van der Waals surface area contributed by atoms with Gasteiger partial charge in [0.1, 0.15) is 0 Å². The average Bonchev–Trinajstić information content (AvgIpc) is 2.47. The largest absolute Gasteiger partial charge is 0.391 e. The first-order valence-corrected chi connectivity index (χ1v) is 7.76. The van der Waals surface area contributed by atoms with Crippen molar-refractivity contribution in [2.75, 3.05) is 13.6 Å². The molecule has 0 amide bonds. The van der Waals surface area contributed by atoms with Gasteiger partial charge in [-0.15, -0.1) is 0 Å². The summed E-state index contributed by atoms with van der Waals surface area (Å²) >= 11 is 0. The van der Waals surface area contributed by atoms with Crippen molar-refractivity contribution in [1.29, 1.82) is 0 Å². The molecule has 20 heavy (non-hydrogen) atoms. The lowest BCUT2D eigenvalue weighted by molar-refractivity contribution is 0.265. The zero-order valence-electron chi connectivity index (χ0n) is 12.3. The van der Waals surface area contributed by atoms with Gasteiger partial charge in [0, 0.05) is 36.8 Å². The number of aromatic nitrogens is 1. The molecule has 4 heteroatoms. The molecular weight excluding hydrogens is 252 g/mol. The summed E-state index contributed by atoms with van der Waals surface area (Å²) in [5.74, 6) is 0. The quantitative estimate of drug-likeness (QED) is 0.896. The molecule has 1 N–H and O–H groups in total. The summed E-state index contributed by atoms with van der Waals surface area (Å²) in [4.78, 5) is 14.9. The van der Waals surface area contributed by atoms with Gasteiger partial charge in [0.15, 0.2) is 0 Å². The highest BCUT2D eigenvalue weighted by molar-refractivity contribution is 5.29. The number of nitrogens with zero attached hydrogens (tertiary/aromatic N) is 2. The molecule has 4 nitrogen and oxygen atoms in total. The maximum absolute atomic E-state index is 12.6. The number of fused-ring (bicyclic) bond motifs is 1. The molecule has 0 radical (unpaired) electrons. The van der Waals surface area contributed by atoms with Crippen LogP contribution in [0, 0.1) is 0 Å². The van der Waals surface area contributed by atoms with Crippen LogP contribution in [0.1, 0.15) is 55.0 Å². The third kappa shape index (κ3) is 2.42. The van der Waals surface area contributed by atoms with Crippen molar-refractivity contribution in [3.8, 4) is 0 Å². The average molecular weight is 276 g/mol. The number of likely N-dealkylation sites (N-methyl/N-ethyl adjacent to an activating group) is 1. The molecule has 1 fully saturated rings. The number of pyridine rings is 1. The van der Waals surface area contributed by atoms with E-state index >= 15 is 0 Å². The van der Waals surface area contributed by atoms with E-state index in [9.17, 15) is 9.90 Å². The summed E-state index contributed by atoms with van der Waals surface area (Å²) in [6.07, 6.45) is 6.89. The van der Waals surface area contributed by atoms with E-state index < -0.39 is 0 Å². The van der Waals surface area contributed by atoms with Gasteiger partial charge >= 0.3 is 0 Å². The van der Waals surface area contributed by atoms with E-state index in [0.29, 0.717) is 11.6 Å². The van der Waals surface area contributed by atoms with Crippen LogP contribution >= 0.6 is 0 Å². The Bertz CT molecular complexity index is 544. The third-order valence-corrected chi connectivity index (χ3v) is 4.78. The van der Waals surface area contributed by atoms with Crippen LogP contribution in [-0.2, 0) is 19.6 Å². The molecule has 1 aromatic heterocycles. The maximum atomic E-state index is 12.6. The van der Waals surface area contributed by atoms with Crippen LogP contribution in [0.4, 0.5) is 0 Å². The normalized spacial score (nSPS) is 20.9. The van der Waals surface area contributed by atoms with Gasteiger partial charge in [-0.2, -0.15) is 0 Å². The summed E-state index contributed by atoms with van der Waals surface area (Å²) in [6, 6.07) is 2.27. The Morgan fingerprint density at radius 2 is 2.05 bits per heavy atom. The summed E-state index contributed by atoms with van der Waals surface area (Å²) in [7, 11) is 2.11. The number of aliphatic hydroxyl groups is 1. The Balaban J connectivity index is 2.10. The van der Waals surface area contributed by atoms with E-state index in [4.69, 9.17) is 0 Å². The van der Waals surface area contributed by atoms with Crippen molar-refractivity contribution >= 4 is 0 Å². The smallest absolute Gasteiger partial charge is 0.256 e. The molecule has 0 spiro atoms. The topological polar surface area (TPSA) is 45.5 Å². The van der Waals surface area contributed by atoms with Crippen molar-refractivity contribution in [2.45, 2.75) is 57.7 Å². The first-order chi connectivity index (χ1) is 9.70. The Kier molecular flexibility index (Phi) is 3.94. The van der Waals surface area contributed by atoms with Gasteiger partial charge in [-0.05, 0) is 31.5 Å². The highest BCUT2D eigenvalue weighted by atomic mass is 16.3. The van der Waals surface area contributed by atoms with E-state index in [1.807, 2.05) is 10.6 Å². The van der Waals surface area contributed by atoms with Crippen LogP contribution in [0.5, 0.6) is 0 Å². The molecule has 1 aliphatic heterocycles. The SMILES string of the molecule is CN1CCc2c(cc(CO)c(=O)n2C2CCCCC2)C1. The third-order valence-electron chi connectivity index (χ3n) is 4.78. The highest BCUT2D eigenvalue weighted by Gasteiger charge is 2.25. The second kappa shape index (κ2) is 5.70. The van der Waals surface area contributed by atoms with Gasteiger partial charge in [-0.3, -0.25) is 4.79 Å². The molecular formula is C16H24N2O2. The molecule has 0 saturated heterocycles. The molecule has 1 aliphatic carbocycles. The van der Waals surface area contributed by atoms with Crippen LogP contribution in [-0.4, -0.2) is 28.2 Å². The molecule has 0 bridgehead atoms. The summed E-state index contributed by atoms with van der Waals surface area (Å²) < 4.78 is 2.03. The van der Waals surface area contributed by atoms with Crippen LogP contribution < -0.4 is 5.56 Å². The zero-order chi connectivity index (χ0) is 14.1. The van der Waals surface area contributed by atoms with Crippen molar-refractivity contribution in [3.05, 3.63) is 33.2 Å². The number of hydrogen-bond donors (Lipinski definition) is 1. The Hall–Kier alpha value is -1.13. The van der Waals surface area contributed by atoms with Crippen molar-refractivity contribution in [2.24, 2.45) is 0 Å². The fourth-order valence-corrected chi connectivity index (χ4v) is 3.71. The first kappa shape index (κ1) is 13.8. The van der Waals surface area contributed by atoms with Gasteiger partial charge in [-0.25, -0.2) is 0 Å².